The summed E-state index contributed by atoms with van der Waals surface area (Å²) in [5.74, 6) is -1.61. The van der Waals surface area contributed by atoms with Crippen molar-refractivity contribution in [3.05, 3.63) is 92.5 Å². The molecule has 3 aromatic carbocycles. The Morgan fingerprint density at radius 3 is 1.86 bits per heavy atom. The molecule has 0 atom stereocenters. The Bertz CT molecular complexity index is 1060. The van der Waals surface area contributed by atoms with Gasteiger partial charge in [0.1, 0.15) is 11.5 Å². The van der Waals surface area contributed by atoms with Crippen LogP contribution in [0.5, 0.6) is 0 Å². The third-order valence-electron chi connectivity index (χ3n) is 3.78. The second-order valence-electron chi connectivity index (χ2n) is 5.64. The van der Waals surface area contributed by atoms with E-state index in [0.29, 0.717) is 29.2 Å². The zero-order valence-corrected chi connectivity index (χ0v) is 14.1. The highest BCUT2D eigenvalue weighted by atomic mass is 19.1. The van der Waals surface area contributed by atoms with Crippen LogP contribution in [0, 0.1) is 31.9 Å². The molecule has 3 rings (SSSR count). The Balaban J connectivity index is 1.98. The number of halogens is 2. The first kappa shape index (κ1) is 18.7. The molecule has 3 aromatic rings. The molecular weight excluding hydrogens is 374 g/mol. The largest absolute Gasteiger partial charge is 0.354 e. The molecule has 0 saturated carbocycles. The van der Waals surface area contributed by atoms with Crippen molar-refractivity contribution in [1.82, 2.24) is 0 Å². The number of benzene rings is 3. The average molecular weight is 386 g/mol. The molecule has 0 bridgehead atoms. The molecule has 0 saturated heterocycles. The lowest BCUT2D eigenvalue weighted by Crippen LogP contribution is -2.03. The first-order valence-corrected chi connectivity index (χ1v) is 7.86. The minimum Gasteiger partial charge on any atom is -0.354 e. The highest BCUT2D eigenvalue weighted by Gasteiger charge is 2.25. The minimum absolute atomic E-state index is 0.249. The molecular formula is C18H12F2N4O4. The molecule has 8 nitrogen and oxygen atoms in total. The standard InChI is InChI=1S/C18H12F2N4O4/c19-11-5-7-12(8-6-11)21-14-3-1-2-4-15(14)22-16-9-13(20)17(23(25)26)10-18(16)24(27)28/h1-10,21-22H. The van der Waals surface area contributed by atoms with Crippen molar-refractivity contribution in [1.29, 1.82) is 0 Å². The van der Waals surface area contributed by atoms with Crippen molar-refractivity contribution in [3.8, 4) is 0 Å². The molecule has 2 N–H and O–H groups in total. The van der Waals surface area contributed by atoms with Gasteiger partial charge in [0.2, 0.25) is 5.82 Å². The van der Waals surface area contributed by atoms with Gasteiger partial charge >= 0.3 is 5.69 Å². The molecule has 0 radical (unpaired) electrons. The van der Waals surface area contributed by atoms with Crippen LogP contribution in [0.4, 0.5) is 42.9 Å². The van der Waals surface area contributed by atoms with E-state index >= 15 is 0 Å². The van der Waals surface area contributed by atoms with Gasteiger partial charge in [-0.2, -0.15) is 4.39 Å². The van der Waals surface area contributed by atoms with Gasteiger partial charge in [0.25, 0.3) is 5.69 Å². The molecule has 0 heterocycles. The van der Waals surface area contributed by atoms with Crippen molar-refractivity contribution in [2.75, 3.05) is 10.6 Å². The van der Waals surface area contributed by atoms with Gasteiger partial charge in [-0.15, -0.1) is 0 Å². The van der Waals surface area contributed by atoms with Crippen molar-refractivity contribution in [2.45, 2.75) is 0 Å². The van der Waals surface area contributed by atoms with Crippen LogP contribution >= 0.6 is 0 Å². The summed E-state index contributed by atoms with van der Waals surface area (Å²) >= 11 is 0. The molecule has 0 spiro atoms. The topological polar surface area (TPSA) is 110 Å². The third kappa shape index (κ3) is 4.01. The van der Waals surface area contributed by atoms with E-state index in [4.69, 9.17) is 0 Å². The van der Waals surface area contributed by atoms with E-state index in [0.717, 1.165) is 0 Å². The number of nitrogens with one attached hydrogen (secondary N) is 2. The van der Waals surface area contributed by atoms with E-state index in [1.54, 1.807) is 24.3 Å². The Labute approximate surface area is 156 Å². The maximum atomic E-state index is 14.0. The van der Waals surface area contributed by atoms with Gasteiger partial charge in [-0.1, -0.05) is 12.1 Å². The van der Waals surface area contributed by atoms with Crippen LogP contribution in [0.15, 0.2) is 60.7 Å². The summed E-state index contributed by atoms with van der Waals surface area (Å²) in [6, 6.07) is 13.4. The lowest BCUT2D eigenvalue weighted by molar-refractivity contribution is -0.395. The Morgan fingerprint density at radius 2 is 1.29 bits per heavy atom. The number of nitrogens with zero attached hydrogens (tertiary/aromatic N) is 2. The van der Waals surface area contributed by atoms with Crippen LogP contribution in [0.3, 0.4) is 0 Å². The number of hydrogen-bond acceptors (Lipinski definition) is 6. The second kappa shape index (κ2) is 7.66. The fourth-order valence-electron chi connectivity index (χ4n) is 2.48. The van der Waals surface area contributed by atoms with E-state index in [-0.39, 0.29) is 5.69 Å². The molecule has 0 amide bonds. The highest BCUT2D eigenvalue weighted by molar-refractivity contribution is 5.81. The van der Waals surface area contributed by atoms with Gasteiger partial charge in [0.15, 0.2) is 0 Å². The van der Waals surface area contributed by atoms with Crippen molar-refractivity contribution >= 4 is 34.1 Å². The second-order valence-corrected chi connectivity index (χ2v) is 5.64. The van der Waals surface area contributed by atoms with Crippen molar-refractivity contribution < 1.29 is 18.6 Å². The SMILES string of the molecule is O=[N+]([O-])c1cc([N+](=O)[O-])c(Nc2ccccc2Nc2ccc(F)cc2)cc1F. The summed E-state index contributed by atoms with van der Waals surface area (Å²) in [6.07, 6.45) is 0. The predicted octanol–water partition coefficient (Wildman–Crippen LogP) is 5.27. The normalized spacial score (nSPS) is 10.4. The molecule has 10 heteroatoms. The van der Waals surface area contributed by atoms with Gasteiger partial charge in [-0.3, -0.25) is 20.2 Å². The fraction of sp³-hybridized carbons (Fsp3) is 0. The number of nitro benzene ring substituents is 2. The van der Waals surface area contributed by atoms with E-state index < -0.39 is 32.9 Å². The molecule has 142 valence electrons. The molecule has 0 unspecified atom stereocenters. The Kier molecular flexibility index (Phi) is 5.12. The predicted molar refractivity (Wildman–Crippen MR) is 99.1 cm³/mol. The zero-order chi connectivity index (χ0) is 20.3. The summed E-state index contributed by atoms with van der Waals surface area (Å²) in [4.78, 5) is 20.2. The zero-order valence-electron chi connectivity index (χ0n) is 14.1. The quantitative estimate of drug-likeness (QED) is 0.441. The lowest BCUT2D eigenvalue weighted by Gasteiger charge is -2.14. The monoisotopic (exact) mass is 386 g/mol. The summed E-state index contributed by atoms with van der Waals surface area (Å²) in [6.45, 7) is 0. The number of nitro groups is 2. The van der Waals surface area contributed by atoms with Gasteiger partial charge < -0.3 is 10.6 Å². The van der Waals surface area contributed by atoms with Crippen LogP contribution in [-0.4, -0.2) is 9.85 Å². The van der Waals surface area contributed by atoms with Gasteiger partial charge in [-0.05, 0) is 36.4 Å². The van der Waals surface area contributed by atoms with E-state index in [1.165, 1.54) is 24.3 Å². The highest BCUT2D eigenvalue weighted by Crippen LogP contribution is 2.36. The van der Waals surface area contributed by atoms with Gasteiger partial charge in [0, 0.05) is 11.8 Å². The third-order valence-corrected chi connectivity index (χ3v) is 3.78. The Morgan fingerprint density at radius 1 is 0.714 bits per heavy atom. The van der Waals surface area contributed by atoms with Crippen molar-refractivity contribution in [2.24, 2.45) is 0 Å². The first-order chi connectivity index (χ1) is 13.3. The van der Waals surface area contributed by atoms with E-state index in [2.05, 4.69) is 10.6 Å². The Hall–Kier alpha value is -4.08. The minimum atomic E-state index is -1.21. The molecule has 0 aliphatic rings. The van der Waals surface area contributed by atoms with E-state index in [9.17, 15) is 29.0 Å². The van der Waals surface area contributed by atoms with E-state index in [1.807, 2.05) is 0 Å². The molecule has 0 aromatic heterocycles. The first-order valence-electron chi connectivity index (χ1n) is 7.86. The summed E-state index contributed by atoms with van der Waals surface area (Å²) in [5.41, 5.74) is -0.508. The lowest BCUT2D eigenvalue weighted by atomic mass is 10.2. The molecule has 28 heavy (non-hydrogen) atoms. The van der Waals surface area contributed by atoms with Gasteiger partial charge in [-0.25, -0.2) is 4.39 Å². The van der Waals surface area contributed by atoms with Crippen LogP contribution in [0.2, 0.25) is 0 Å². The maximum Gasteiger partial charge on any atom is 0.311 e. The van der Waals surface area contributed by atoms with Crippen LogP contribution in [0.1, 0.15) is 0 Å². The molecule has 0 aliphatic carbocycles. The van der Waals surface area contributed by atoms with Crippen LogP contribution in [-0.2, 0) is 0 Å². The number of rotatable bonds is 6. The van der Waals surface area contributed by atoms with Crippen LogP contribution in [0.25, 0.3) is 0 Å². The van der Waals surface area contributed by atoms with Gasteiger partial charge in [0.05, 0.1) is 27.3 Å². The average Bonchev–Trinajstić information content (AvgIpc) is 2.64. The summed E-state index contributed by atoms with van der Waals surface area (Å²) in [5, 5.41) is 27.8. The molecule has 0 aliphatic heterocycles. The number of hydrogen-bond donors (Lipinski definition) is 2. The summed E-state index contributed by atoms with van der Waals surface area (Å²) < 4.78 is 27.0. The molecule has 0 fully saturated rings. The van der Waals surface area contributed by atoms with Crippen molar-refractivity contribution in [3.63, 3.8) is 0 Å². The van der Waals surface area contributed by atoms with Crippen LogP contribution < -0.4 is 10.6 Å². The summed E-state index contributed by atoms with van der Waals surface area (Å²) in [7, 11) is 0. The maximum absolute atomic E-state index is 14.0. The fourth-order valence-corrected chi connectivity index (χ4v) is 2.48. The number of para-hydroxylation sites is 2. The number of anilines is 4. The smallest absolute Gasteiger partial charge is 0.311 e.